The van der Waals surface area contributed by atoms with Crippen molar-refractivity contribution in [2.24, 2.45) is 0 Å². The third-order valence-corrected chi connectivity index (χ3v) is 3.09. The molecule has 2 amide bonds. The summed E-state index contributed by atoms with van der Waals surface area (Å²) in [7, 11) is 0. The number of amides is 2. The van der Waals surface area contributed by atoms with Crippen LogP contribution in [0, 0.1) is 0 Å². The van der Waals surface area contributed by atoms with Crippen molar-refractivity contribution in [1.29, 1.82) is 0 Å². The number of cyclic esters (lactones) is 1. The SMILES string of the molecule is O=C(CCC(F)(F)F)N1CCN2C(=O)OC[C@H]2C1. The number of piperazine rings is 1. The summed E-state index contributed by atoms with van der Waals surface area (Å²) in [6.45, 7) is 1.04. The van der Waals surface area contributed by atoms with E-state index in [1.54, 1.807) is 0 Å². The van der Waals surface area contributed by atoms with Gasteiger partial charge in [-0.15, -0.1) is 0 Å². The Balaban J connectivity index is 1.84. The Morgan fingerprint density at radius 3 is 2.78 bits per heavy atom. The molecule has 1 atom stereocenters. The van der Waals surface area contributed by atoms with Gasteiger partial charge >= 0.3 is 12.3 Å². The Labute approximate surface area is 101 Å². The predicted octanol–water partition coefficient (Wildman–Crippen LogP) is 0.992. The minimum atomic E-state index is -4.32. The largest absolute Gasteiger partial charge is 0.447 e. The van der Waals surface area contributed by atoms with Crippen molar-refractivity contribution in [2.75, 3.05) is 26.2 Å². The molecule has 2 aliphatic rings. The van der Waals surface area contributed by atoms with E-state index in [2.05, 4.69) is 0 Å². The summed E-state index contributed by atoms with van der Waals surface area (Å²) >= 11 is 0. The van der Waals surface area contributed by atoms with Gasteiger partial charge in [0.05, 0.1) is 12.5 Å². The number of nitrogens with zero attached hydrogens (tertiary/aromatic N) is 2. The average molecular weight is 266 g/mol. The van der Waals surface area contributed by atoms with Gasteiger partial charge in [-0.2, -0.15) is 13.2 Å². The molecule has 0 aromatic heterocycles. The van der Waals surface area contributed by atoms with Gasteiger partial charge in [0.1, 0.15) is 6.61 Å². The number of hydrogen-bond donors (Lipinski definition) is 0. The van der Waals surface area contributed by atoms with Gasteiger partial charge in [0.15, 0.2) is 0 Å². The normalized spacial score (nSPS) is 23.9. The lowest BCUT2D eigenvalue weighted by atomic mass is 10.1. The van der Waals surface area contributed by atoms with Gasteiger partial charge in [-0.05, 0) is 0 Å². The zero-order chi connectivity index (χ0) is 13.3. The maximum Gasteiger partial charge on any atom is 0.410 e. The molecule has 0 spiro atoms. The summed E-state index contributed by atoms with van der Waals surface area (Å²) in [5, 5.41) is 0. The Hall–Kier alpha value is -1.47. The molecule has 5 nitrogen and oxygen atoms in total. The molecule has 0 bridgehead atoms. The van der Waals surface area contributed by atoms with Crippen molar-refractivity contribution >= 4 is 12.0 Å². The minimum absolute atomic E-state index is 0.196. The van der Waals surface area contributed by atoms with Gasteiger partial charge in [-0.1, -0.05) is 0 Å². The second-order valence-electron chi connectivity index (χ2n) is 4.38. The molecular weight excluding hydrogens is 253 g/mol. The first kappa shape index (κ1) is 13.0. The van der Waals surface area contributed by atoms with Crippen molar-refractivity contribution < 1.29 is 27.5 Å². The number of ether oxygens (including phenoxy) is 1. The first-order chi connectivity index (χ1) is 8.37. The monoisotopic (exact) mass is 266 g/mol. The standard InChI is InChI=1S/C10H13F3N2O3/c11-10(12,13)2-1-8(16)14-3-4-15-7(5-14)6-18-9(15)17/h7H,1-6H2/t7-/m1/s1. The highest BCUT2D eigenvalue weighted by molar-refractivity contribution is 5.77. The predicted molar refractivity (Wildman–Crippen MR) is 53.7 cm³/mol. The van der Waals surface area contributed by atoms with Crippen molar-refractivity contribution in [2.45, 2.75) is 25.1 Å². The first-order valence-electron chi connectivity index (χ1n) is 5.65. The molecule has 0 saturated carbocycles. The van der Waals surface area contributed by atoms with Crippen LogP contribution in [0.3, 0.4) is 0 Å². The summed E-state index contributed by atoms with van der Waals surface area (Å²) in [4.78, 5) is 25.7. The fourth-order valence-corrected chi connectivity index (χ4v) is 2.12. The van der Waals surface area contributed by atoms with Gasteiger partial charge in [0.25, 0.3) is 0 Å². The lowest BCUT2D eigenvalue weighted by Crippen LogP contribution is -2.53. The molecule has 2 saturated heterocycles. The topological polar surface area (TPSA) is 49.9 Å². The second kappa shape index (κ2) is 4.66. The Morgan fingerprint density at radius 1 is 1.39 bits per heavy atom. The zero-order valence-corrected chi connectivity index (χ0v) is 9.57. The van der Waals surface area contributed by atoms with Crippen LogP contribution in [0.5, 0.6) is 0 Å². The molecule has 2 heterocycles. The lowest BCUT2D eigenvalue weighted by molar-refractivity contribution is -0.150. The van der Waals surface area contributed by atoms with Crippen LogP contribution in [0.15, 0.2) is 0 Å². The lowest BCUT2D eigenvalue weighted by Gasteiger charge is -2.35. The van der Waals surface area contributed by atoms with Crippen LogP contribution in [0.1, 0.15) is 12.8 Å². The molecule has 0 unspecified atom stereocenters. The van der Waals surface area contributed by atoms with E-state index < -0.39 is 31.0 Å². The van der Waals surface area contributed by atoms with Crippen LogP contribution in [-0.2, 0) is 9.53 Å². The van der Waals surface area contributed by atoms with E-state index in [0.717, 1.165) is 0 Å². The van der Waals surface area contributed by atoms with Crippen LogP contribution >= 0.6 is 0 Å². The zero-order valence-electron chi connectivity index (χ0n) is 9.57. The Bertz CT molecular complexity index is 359. The molecule has 0 N–H and O–H groups in total. The highest BCUT2D eigenvalue weighted by Gasteiger charge is 2.39. The van der Waals surface area contributed by atoms with Crippen molar-refractivity contribution in [1.82, 2.24) is 9.80 Å². The maximum absolute atomic E-state index is 12.0. The molecule has 8 heteroatoms. The summed E-state index contributed by atoms with van der Waals surface area (Å²) in [5.41, 5.74) is 0. The Kier molecular flexibility index (Phi) is 3.36. The van der Waals surface area contributed by atoms with Crippen LogP contribution in [0.25, 0.3) is 0 Å². The van der Waals surface area contributed by atoms with E-state index in [0.29, 0.717) is 6.54 Å². The van der Waals surface area contributed by atoms with Crippen molar-refractivity contribution in [3.8, 4) is 0 Å². The van der Waals surface area contributed by atoms with E-state index >= 15 is 0 Å². The van der Waals surface area contributed by atoms with Crippen LogP contribution in [0.4, 0.5) is 18.0 Å². The summed E-state index contributed by atoms with van der Waals surface area (Å²) in [6.07, 6.45) is -6.37. The van der Waals surface area contributed by atoms with Gasteiger partial charge in [0, 0.05) is 26.1 Å². The van der Waals surface area contributed by atoms with Crippen molar-refractivity contribution in [3.05, 3.63) is 0 Å². The van der Waals surface area contributed by atoms with E-state index in [1.165, 1.54) is 9.80 Å². The fraction of sp³-hybridized carbons (Fsp3) is 0.800. The quantitative estimate of drug-likeness (QED) is 0.749. The number of fused-ring (bicyclic) bond motifs is 1. The molecule has 18 heavy (non-hydrogen) atoms. The van der Waals surface area contributed by atoms with Gasteiger partial charge in [0.2, 0.25) is 5.91 Å². The summed E-state index contributed by atoms with van der Waals surface area (Å²) in [5.74, 6) is -0.522. The van der Waals surface area contributed by atoms with Crippen LogP contribution < -0.4 is 0 Å². The number of hydrogen-bond acceptors (Lipinski definition) is 3. The smallest absolute Gasteiger partial charge is 0.410 e. The summed E-state index contributed by atoms with van der Waals surface area (Å²) in [6, 6.07) is -0.221. The molecule has 102 valence electrons. The molecule has 0 aliphatic carbocycles. The highest BCUT2D eigenvalue weighted by atomic mass is 19.4. The number of rotatable bonds is 2. The second-order valence-corrected chi connectivity index (χ2v) is 4.38. The van der Waals surface area contributed by atoms with Crippen molar-refractivity contribution in [3.63, 3.8) is 0 Å². The summed E-state index contributed by atoms with van der Waals surface area (Å²) < 4.78 is 40.8. The maximum atomic E-state index is 12.0. The first-order valence-corrected chi connectivity index (χ1v) is 5.65. The highest BCUT2D eigenvalue weighted by Crippen LogP contribution is 2.23. The molecule has 2 rings (SSSR count). The fourth-order valence-electron chi connectivity index (χ4n) is 2.12. The number of carbonyl (C=O) groups is 2. The van der Waals surface area contributed by atoms with E-state index in [9.17, 15) is 22.8 Å². The van der Waals surface area contributed by atoms with Crippen LogP contribution in [-0.4, -0.2) is 60.3 Å². The molecule has 2 fully saturated rings. The van der Waals surface area contributed by atoms with E-state index in [4.69, 9.17) is 4.74 Å². The third kappa shape index (κ3) is 2.85. The molecule has 2 aliphatic heterocycles. The van der Waals surface area contributed by atoms with Gasteiger partial charge in [-0.25, -0.2) is 4.79 Å². The third-order valence-electron chi connectivity index (χ3n) is 3.09. The number of halogens is 3. The molecule has 0 radical (unpaired) electrons. The van der Waals surface area contributed by atoms with E-state index in [1.807, 2.05) is 0 Å². The molecular formula is C10H13F3N2O3. The number of alkyl halides is 3. The molecule has 0 aromatic rings. The Morgan fingerprint density at radius 2 is 2.11 bits per heavy atom. The number of carbonyl (C=O) groups excluding carboxylic acids is 2. The molecule has 0 aromatic carbocycles. The average Bonchev–Trinajstić information content (AvgIpc) is 2.66. The van der Waals surface area contributed by atoms with E-state index in [-0.39, 0.29) is 25.7 Å². The van der Waals surface area contributed by atoms with Gasteiger partial charge < -0.3 is 9.64 Å². The van der Waals surface area contributed by atoms with Crippen LogP contribution in [0.2, 0.25) is 0 Å². The minimum Gasteiger partial charge on any atom is -0.447 e. The van der Waals surface area contributed by atoms with Gasteiger partial charge in [-0.3, -0.25) is 9.69 Å².